The summed E-state index contributed by atoms with van der Waals surface area (Å²) in [4.78, 5) is 38.5. The standard InChI is InChI=1S/C21H24N4O3/c1-14-8-9-16-17(13-14)21(28)24(20(16)27)12-4-7-19(26)23-18-10-11-22-25(18)15-5-2-3-6-15/h8-11,13,15H,2-7,12H2,1H3,(H,23,26). The van der Waals surface area contributed by atoms with Crippen molar-refractivity contribution in [1.82, 2.24) is 14.7 Å². The van der Waals surface area contributed by atoms with Gasteiger partial charge in [-0.1, -0.05) is 24.5 Å². The zero-order chi connectivity index (χ0) is 19.7. The second-order valence-corrected chi connectivity index (χ2v) is 7.56. The van der Waals surface area contributed by atoms with Gasteiger partial charge in [0, 0.05) is 19.0 Å². The molecular weight excluding hydrogens is 356 g/mol. The third kappa shape index (κ3) is 3.44. The molecule has 2 aliphatic rings. The maximum Gasteiger partial charge on any atom is 0.261 e. The maximum absolute atomic E-state index is 12.5. The van der Waals surface area contributed by atoms with E-state index in [1.54, 1.807) is 18.3 Å². The quantitative estimate of drug-likeness (QED) is 0.779. The summed E-state index contributed by atoms with van der Waals surface area (Å²) in [7, 11) is 0. The minimum atomic E-state index is -0.278. The van der Waals surface area contributed by atoms with Gasteiger partial charge < -0.3 is 5.32 Å². The van der Waals surface area contributed by atoms with Crippen molar-refractivity contribution in [3.8, 4) is 0 Å². The Labute approximate surface area is 163 Å². The molecule has 4 rings (SSSR count). The van der Waals surface area contributed by atoms with E-state index in [-0.39, 0.29) is 30.7 Å². The van der Waals surface area contributed by atoms with Crippen molar-refractivity contribution >= 4 is 23.5 Å². The van der Waals surface area contributed by atoms with Crippen molar-refractivity contribution < 1.29 is 14.4 Å². The Kier molecular flexibility index (Phi) is 4.98. The van der Waals surface area contributed by atoms with Crippen LogP contribution in [0.5, 0.6) is 0 Å². The Bertz CT molecular complexity index is 927. The molecule has 1 saturated carbocycles. The predicted molar refractivity (Wildman–Crippen MR) is 104 cm³/mol. The number of nitrogens with zero attached hydrogens (tertiary/aromatic N) is 3. The summed E-state index contributed by atoms with van der Waals surface area (Å²) in [5.74, 6) is 0.0310. The number of amides is 3. The van der Waals surface area contributed by atoms with E-state index < -0.39 is 0 Å². The molecule has 1 aromatic carbocycles. The molecule has 7 heteroatoms. The van der Waals surface area contributed by atoms with Gasteiger partial charge in [0.1, 0.15) is 5.82 Å². The molecule has 1 aromatic heterocycles. The van der Waals surface area contributed by atoms with Gasteiger partial charge in [-0.25, -0.2) is 4.68 Å². The molecule has 2 aromatic rings. The molecule has 2 heterocycles. The normalized spacial score (nSPS) is 16.7. The van der Waals surface area contributed by atoms with Crippen LogP contribution in [0.15, 0.2) is 30.5 Å². The van der Waals surface area contributed by atoms with E-state index in [0.29, 0.717) is 29.4 Å². The van der Waals surface area contributed by atoms with E-state index in [4.69, 9.17) is 0 Å². The molecule has 0 saturated heterocycles. The Morgan fingerprint density at radius 1 is 1.14 bits per heavy atom. The lowest BCUT2D eigenvalue weighted by atomic mass is 10.1. The first-order valence-electron chi connectivity index (χ1n) is 9.85. The Morgan fingerprint density at radius 2 is 1.89 bits per heavy atom. The number of nitrogens with one attached hydrogen (secondary N) is 1. The van der Waals surface area contributed by atoms with E-state index in [2.05, 4.69) is 10.4 Å². The molecule has 7 nitrogen and oxygen atoms in total. The number of hydrogen-bond donors (Lipinski definition) is 1. The number of fused-ring (bicyclic) bond motifs is 1. The molecule has 0 radical (unpaired) electrons. The van der Waals surface area contributed by atoms with Crippen molar-refractivity contribution in [3.63, 3.8) is 0 Å². The van der Waals surface area contributed by atoms with Crippen molar-refractivity contribution in [2.75, 3.05) is 11.9 Å². The molecule has 1 N–H and O–H groups in total. The van der Waals surface area contributed by atoms with Crippen LogP contribution in [0.25, 0.3) is 0 Å². The van der Waals surface area contributed by atoms with E-state index in [0.717, 1.165) is 18.4 Å². The topological polar surface area (TPSA) is 84.3 Å². The molecule has 0 bridgehead atoms. The number of anilines is 1. The average molecular weight is 380 g/mol. The zero-order valence-corrected chi connectivity index (χ0v) is 16.0. The Morgan fingerprint density at radius 3 is 2.68 bits per heavy atom. The highest BCUT2D eigenvalue weighted by molar-refractivity contribution is 6.21. The van der Waals surface area contributed by atoms with Gasteiger partial charge in [0.25, 0.3) is 11.8 Å². The van der Waals surface area contributed by atoms with Crippen LogP contribution in [0.3, 0.4) is 0 Å². The number of rotatable bonds is 6. The number of aromatic nitrogens is 2. The van der Waals surface area contributed by atoms with Gasteiger partial charge in [-0.3, -0.25) is 19.3 Å². The van der Waals surface area contributed by atoms with Crippen LogP contribution in [0.4, 0.5) is 5.82 Å². The first kappa shape index (κ1) is 18.4. The van der Waals surface area contributed by atoms with Crippen LogP contribution in [0, 0.1) is 6.92 Å². The lowest BCUT2D eigenvalue weighted by Gasteiger charge is -2.15. The molecule has 28 heavy (non-hydrogen) atoms. The maximum atomic E-state index is 12.5. The summed E-state index contributed by atoms with van der Waals surface area (Å²) < 4.78 is 1.90. The fraction of sp³-hybridized carbons (Fsp3) is 0.429. The monoisotopic (exact) mass is 380 g/mol. The highest BCUT2D eigenvalue weighted by Gasteiger charge is 2.35. The second-order valence-electron chi connectivity index (χ2n) is 7.56. The lowest BCUT2D eigenvalue weighted by Crippen LogP contribution is -2.31. The predicted octanol–water partition coefficient (Wildman–Crippen LogP) is 3.32. The van der Waals surface area contributed by atoms with Crippen molar-refractivity contribution in [2.24, 2.45) is 0 Å². The number of carbonyl (C=O) groups excluding carboxylic acids is 3. The molecular formula is C21H24N4O3. The Balaban J connectivity index is 1.31. The SMILES string of the molecule is Cc1ccc2c(c1)C(=O)N(CCCC(=O)Nc1ccnn1C1CCCC1)C2=O. The Hall–Kier alpha value is -2.96. The smallest absolute Gasteiger partial charge is 0.261 e. The van der Waals surface area contributed by atoms with Crippen molar-refractivity contribution in [1.29, 1.82) is 0 Å². The molecule has 0 unspecified atom stereocenters. The number of aryl methyl sites for hydroxylation is 1. The summed E-state index contributed by atoms with van der Waals surface area (Å²) in [6.07, 6.45) is 6.92. The van der Waals surface area contributed by atoms with Gasteiger partial charge >= 0.3 is 0 Å². The third-order valence-corrected chi connectivity index (χ3v) is 5.52. The summed E-state index contributed by atoms with van der Waals surface area (Å²) >= 11 is 0. The van der Waals surface area contributed by atoms with Crippen LogP contribution >= 0.6 is 0 Å². The van der Waals surface area contributed by atoms with E-state index in [9.17, 15) is 14.4 Å². The molecule has 1 aliphatic heterocycles. The van der Waals surface area contributed by atoms with Crippen molar-refractivity contribution in [3.05, 3.63) is 47.2 Å². The largest absolute Gasteiger partial charge is 0.311 e. The first-order valence-corrected chi connectivity index (χ1v) is 9.85. The molecule has 3 amide bonds. The average Bonchev–Trinajstić information content (AvgIpc) is 3.39. The molecule has 0 spiro atoms. The fourth-order valence-electron chi connectivity index (χ4n) is 4.06. The number of benzene rings is 1. The molecule has 146 valence electrons. The van der Waals surface area contributed by atoms with Gasteiger partial charge in [0.15, 0.2) is 0 Å². The minimum Gasteiger partial charge on any atom is -0.311 e. The highest BCUT2D eigenvalue weighted by atomic mass is 16.2. The number of hydrogen-bond acceptors (Lipinski definition) is 4. The van der Waals surface area contributed by atoms with Gasteiger partial charge in [-0.2, -0.15) is 5.10 Å². The van der Waals surface area contributed by atoms with Crippen LogP contribution in [0.2, 0.25) is 0 Å². The summed E-state index contributed by atoms with van der Waals surface area (Å²) in [5.41, 5.74) is 1.84. The van der Waals surface area contributed by atoms with Gasteiger partial charge in [-0.15, -0.1) is 0 Å². The second kappa shape index (κ2) is 7.58. The van der Waals surface area contributed by atoms with Crippen LogP contribution in [0.1, 0.15) is 70.8 Å². The fourth-order valence-corrected chi connectivity index (χ4v) is 4.06. The van der Waals surface area contributed by atoms with E-state index in [1.165, 1.54) is 17.7 Å². The zero-order valence-electron chi connectivity index (χ0n) is 16.0. The van der Waals surface area contributed by atoms with Crippen LogP contribution in [-0.2, 0) is 4.79 Å². The molecule has 0 atom stereocenters. The summed E-state index contributed by atoms with van der Waals surface area (Å²) in [6.45, 7) is 2.13. The van der Waals surface area contributed by atoms with Gasteiger partial charge in [-0.05, 0) is 38.3 Å². The van der Waals surface area contributed by atoms with Crippen molar-refractivity contribution in [2.45, 2.75) is 51.5 Å². The highest BCUT2D eigenvalue weighted by Crippen LogP contribution is 2.31. The van der Waals surface area contributed by atoms with Gasteiger partial charge in [0.05, 0.1) is 23.4 Å². The summed E-state index contributed by atoms with van der Waals surface area (Å²) in [6, 6.07) is 7.43. The third-order valence-electron chi connectivity index (χ3n) is 5.52. The lowest BCUT2D eigenvalue weighted by molar-refractivity contribution is -0.116. The van der Waals surface area contributed by atoms with E-state index in [1.807, 2.05) is 23.7 Å². The first-order chi connectivity index (χ1) is 13.5. The van der Waals surface area contributed by atoms with E-state index >= 15 is 0 Å². The minimum absolute atomic E-state index is 0.132. The van der Waals surface area contributed by atoms with Crippen LogP contribution in [-0.4, -0.2) is 38.9 Å². The molecule has 1 aliphatic carbocycles. The number of imide groups is 1. The summed E-state index contributed by atoms with van der Waals surface area (Å²) in [5, 5.41) is 7.26. The molecule has 1 fully saturated rings. The van der Waals surface area contributed by atoms with Crippen LogP contribution < -0.4 is 5.32 Å². The number of carbonyl (C=O) groups is 3. The van der Waals surface area contributed by atoms with Gasteiger partial charge in [0.2, 0.25) is 5.91 Å².